The van der Waals surface area contributed by atoms with E-state index in [2.05, 4.69) is 18.3 Å². The van der Waals surface area contributed by atoms with Gasteiger partial charge in [0.1, 0.15) is 5.75 Å². The third kappa shape index (κ3) is 5.27. The summed E-state index contributed by atoms with van der Waals surface area (Å²) >= 11 is 7.97. The second-order valence-corrected chi connectivity index (χ2v) is 6.34. The van der Waals surface area contributed by atoms with Crippen molar-refractivity contribution < 1.29 is 5.11 Å². The SMILES string of the molecule is CCNC(CSc1ccccc1Cl)Cc1ccc(O)cc1. The number of halogens is 1. The Morgan fingerprint density at radius 3 is 2.52 bits per heavy atom. The van der Waals surface area contributed by atoms with E-state index in [1.807, 2.05) is 30.3 Å². The van der Waals surface area contributed by atoms with Crippen LogP contribution < -0.4 is 5.32 Å². The van der Waals surface area contributed by atoms with Crippen LogP contribution in [0.1, 0.15) is 12.5 Å². The molecule has 0 heterocycles. The minimum Gasteiger partial charge on any atom is -0.508 e. The van der Waals surface area contributed by atoms with Gasteiger partial charge >= 0.3 is 0 Å². The van der Waals surface area contributed by atoms with Crippen LogP contribution in [0.15, 0.2) is 53.4 Å². The highest BCUT2D eigenvalue weighted by atomic mass is 35.5. The highest BCUT2D eigenvalue weighted by Gasteiger charge is 2.10. The van der Waals surface area contributed by atoms with E-state index in [-0.39, 0.29) is 0 Å². The Hall–Kier alpha value is -1.16. The largest absolute Gasteiger partial charge is 0.508 e. The van der Waals surface area contributed by atoms with E-state index in [9.17, 15) is 5.11 Å². The fourth-order valence-electron chi connectivity index (χ4n) is 2.15. The zero-order chi connectivity index (χ0) is 15.1. The molecule has 0 fully saturated rings. The first-order chi connectivity index (χ1) is 10.2. The van der Waals surface area contributed by atoms with Gasteiger partial charge in [0.2, 0.25) is 0 Å². The number of hydrogen-bond acceptors (Lipinski definition) is 3. The highest BCUT2D eigenvalue weighted by molar-refractivity contribution is 7.99. The molecule has 2 rings (SSSR count). The zero-order valence-electron chi connectivity index (χ0n) is 12.1. The van der Waals surface area contributed by atoms with Crippen molar-refractivity contribution in [1.82, 2.24) is 5.32 Å². The van der Waals surface area contributed by atoms with E-state index in [1.54, 1.807) is 23.9 Å². The molecular formula is C17H20ClNOS. The topological polar surface area (TPSA) is 32.3 Å². The van der Waals surface area contributed by atoms with Gasteiger partial charge in [-0.2, -0.15) is 0 Å². The summed E-state index contributed by atoms with van der Waals surface area (Å²) in [6.07, 6.45) is 0.936. The lowest BCUT2D eigenvalue weighted by Gasteiger charge is -2.18. The lowest BCUT2D eigenvalue weighted by atomic mass is 10.1. The molecule has 0 bridgehead atoms. The van der Waals surface area contributed by atoms with Crippen LogP contribution >= 0.6 is 23.4 Å². The fourth-order valence-corrected chi connectivity index (χ4v) is 3.44. The van der Waals surface area contributed by atoms with Crippen LogP contribution in [0.25, 0.3) is 0 Å². The molecule has 21 heavy (non-hydrogen) atoms. The number of phenolic OH excluding ortho intramolecular Hbond substituents is 1. The van der Waals surface area contributed by atoms with Crippen LogP contribution in [-0.2, 0) is 6.42 Å². The minimum absolute atomic E-state index is 0.309. The number of thioether (sulfide) groups is 1. The monoisotopic (exact) mass is 321 g/mol. The van der Waals surface area contributed by atoms with Gasteiger partial charge in [0.05, 0.1) is 5.02 Å². The third-order valence-corrected chi connectivity index (χ3v) is 4.87. The molecule has 0 aromatic heterocycles. The van der Waals surface area contributed by atoms with Crippen molar-refractivity contribution in [3.63, 3.8) is 0 Å². The molecule has 1 atom stereocenters. The molecule has 4 heteroatoms. The van der Waals surface area contributed by atoms with Crippen molar-refractivity contribution in [2.24, 2.45) is 0 Å². The lowest BCUT2D eigenvalue weighted by molar-refractivity contribution is 0.474. The standard InChI is InChI=1S/C17H20ClNOS/c1-2-19-14(11-13-7-9-15(20)10-8-13)12-21-17-6-4-3-5-16(17)18/h3-10,14,19-20H,2,11-12H2,1H3. The van der Waals surface area contributed by atoms with Gasteiger partial charge in [-0.05, 0) is 42.8 Å². The van der Waals surface area contributed by atoms with Crippen LogP contribution in [0.2, 0.25) is 5.02 Å². The van der Waals surface area contributed by atoms with Gasteiger partial charge in [-0.15, -0.1) is 11.8 Å². The maximum atomic E-state index is 9.34. The maximum Gasteiger partial charge on any atom is 0.115 e. The molecule has 0 aliphatic rings. The number of benzene rings is 2. The Morgan fingerprint density at radius 2 is 1.86 bits per heavy atom. The van der Waals surface area contributed by atoms with Crippen molar-refractivity contribution in [1.29, 1.82) is 0 Å². The molecule has 2 aromatic carbocycles. The van der Waals surface area contributed by atoms with E-state index in [0.29, 0.717) is 11.8 Å². The van der Waals surface area contributed by atoms with Gasteiger partial charge in [0.15, 0.2) is 0 Å². The summed E-state index contributed by atoms with van der Waals surface area (Å²) in [7, 11) is 0. The maximum absolute atomic E-state index is 9.34. The molecule has 0 saturated heterocycles. The average Bonchev–Trinajstić information content (AvgIpc) is 2.49. The van der Waals surface area contributed by atoms with Crippen molar-refractivity contribution >= 4 is 23.4 Å². The van der Waals surface area contributed by atoms with E-state index < -0.39 is 0 Å². The fraction of sp³-hybridized carbons (Fsp3) is 0.294. The minimum atomic E-state index is 0.309. The van der Waals surface area contributed by atoms with Gasteiger partial charge in [0, 0.05) is 16.7 Å². The smallest absolute Gasteiger partial charge is 0.115 e. The van der Waals surface area contributed by atoms with Gasteiger partial charge in [-0.1, -0.05) is 42.8 Å². The normalized spacial score (nSPS) is 12.3. The van der Waals surface area contributed by atoms with Crippen LogP contribution in [0.4, 0.5) is 0 Å². The molecule has 2 nitrogen and oxygen atoms in total. The van der Waals surface area contributed by atoms with Crippen molar-refractivity contribution in [2.45, 2.75) is 24.3 Å². The molecule has 0 saturated carbocycles. The predicted octanol–water partition coefficient (Wildman–Crippen LogP) is 4.36. The first-order valence-electron chi connectivity index (χ1n) is 7.07. The lowest BCUT2D eigenvalue weighted by Crippen LogP contribution is -2.33. The summed E-state index contributed by atoms with van der Waals surface area (Å²) in [5.74, 6) is 1.27. The summed E-state index contributed by atoms with van der Waals surface area (Å²) < 4.78 is 0. The third-order valence-electron chi connectivity index (χ3n) is 3.19. The second-order valence-electron chi connectivity index (χ2n) is 4.87. The van der Waals surface area contributed by atoms with Crippen LogP contribution in [0.3, 0.4) is 0 Å². The zero-order valence-corrected chi connectivity index (χ0v) is 13.6. The summed E-state index contributed by atoms with van der Waals surface area (Å²) in [5, 5.41) is 13.7. The number of phenols is 1. The summed E-state index contributed by atoms with van der Waals surface area (Å²) in [4.78, 5) is 1.12. The first kappa shape index (κ1) is 16.2. The van der Waals surface area contributed by atoms with E-state index in [4.69, 9.17) is 11.6 Å². The van der Waals surface area contributed by atoms with Crippen molar-refractivity contribution in [2.75, 3.05) is 12.3 Å². The van der Waals surface area contributed by atoms with Crippen LogP contribution in [0, 0.1) is 0 Å². The molecule has 2 aromatic rings. The summed E-state index contributed by atoms with van der Waals surface area (Å²) in [5.41, 5.74) is 1.22. The quantitative estimate of drug-likeness (QED) is 0.743. The van der Waals surface area contributed by atoms with Crippen LogP contribution in [-0.4, -0.2) is 23.4 Å². The number of aromatic hydroxyl groups is 1. The first-order valence-corrected chi connectivity index (χ1v) is 8.44. The Kier molecular flexibility index (Phi) is 6.43. The Labute approximate surface area is 135 Å². The molecule has 0 amide bonds. The number of hydrogen-bond donors (Lipinski definition) is 2. The Bertz CT molecular complexity index is 559. The van der Waals surface area contributed by atoms with Gasteiger partial charge in [-0.25, -0.2) is 0 Å². The molecule has 0 aliphatic heterocycles. The highest BCUT2D eigenvalue weighted by Crippen LogP contribution is 2.27. The van der Waals surface area contributed by atoms with Gasteiger partial charge in [0.25, 0.3) is 0 Å². The van der Waals surface area contributed by atoms with E-state index >= 15 is 0 Å². The molecule has 0 radical (unpaired) electrons. The number of nitrogens with one attached hydrogen (secondary N) is 1. The van der Waals surface area contributed by atoms with E-state index in [0.717, 1.165) is 28.6 Å². The Balaban J connectivity index is 1.95. The molecule has 1 unspecified atom stereocenters. The molecule has 2 N–H and O–H groups in total. The van der Waals surface area contributed by atoms with Gasteiger partial charge in [-0.3, -0.25) is 0 Å². The Morgan fingerprint density at radius 1 is 1.14 bits per heavy atom. The van der Waals surface area contributed by atoms with E-state index in [1.165, 1.54) is 5.56 Å². The number of likely N-dealkylation sites (N-methyl/N-ethyl adjacent to an activating group) is 1. The van der Waals surface area contributed by atoms with Crippen LogP contribution in [0.5, 0.6) is 5.75 Å². The molecule has 0 spiro atoms. The van der Waals surface area contributed by atoms with Crippen molar-refractivity contribution in [3.8, 4) is 5.75 Å². The molecular weight excluding hydrogens is 302 g/mol. The summed E-state index contributed by atoms with van der Waals surface area (Å²) in [6, 6.07) is 15.7. The summed E-state index contributed by atoms with van der Waals surface area (Å²) in [6.45, 7) is 3.05. The average molecular weight is 322 g/mol. The number of rotatable bonds is 7. The van der Waals surface area contributed by atoms with Gasteiger partial charge < -0.3 is 10.4 Å². The predicted molar refractivity (Wildman–Crippen MR) is 91.5 cm³/mol. The molecule has 112 valence electrons. The molecule has 0 aliphatic carbocycles. The van der Waals surface area contributed by atoms with Crippen molar-refractivity contribution in [3.05, 3.63) is 59.1 Å². The second kappa shape index (κ2) is 8.32.